The fourth-order valence-corrected chi connectivity index (χ4v) is 3.10. The first-order valence-electron chi connectivity index (χ1n) is 9.01. The lowest BCUT2D eigenvalue weighted by molar-refractivity contribution is -0.134. The van der Waals surface area contributed by atoms with Crippen LogP contribution < -0.4 is 9.47 Å². The highest BCUT2D eigenvalue weighted by Crippen LogP contribution is 2.18. The lowest BCUT2D eigenvalue weighted by Crippen LogP contribution is -2.31. The first kappa shape index (κ1) is 22.1. The van der Waals surface area contributed by atoms with E-state index in [9.17, 15) is 14.4 Å². The number of Topliss-reactive ketones (excluding diaryl/α,β-unsaturated/α-hetero) is 1. The number of carbonyl (C=O) groups is 3. The van der Waals surface area contributed by atoms with Gasteiger partial charge in [-0.05, 0) is 48.0 Å². The van der Waals surface area contributed by atoms with Crippen molar-refractivity contribution in [2.45, 2.75) is 25.6 Å². The second kappa shape index (κ2) is 11.0. The number of hydrogen-bond acceptors (Lipinski definition) is 6. The van der Waals surface area contributed by atoms with Gasteiger partial charge in [-0.25, -0.2) is 9.59 Å². The molecule has 2 radical (unpaired) electrons. The fourth-order valence-electron chi connectivity index (χ4n) is 2.32. The standard InChI is InChI=1S/C22H22O6Si/c1-4-19(23)22(29-3)28-18-12-8-16(9-13-18)21(25)27-17-10-5-15(6-11-17)7-14-20(24)26-2/h5-14,22H,4H2,1-3H3/b14-7+. The average molecular weight is 410 g/mol. The third kappa shape index (κ3) is 6.72. The molecule has 1 unspecified atom stereocenters. The molecule has 0 N–H and O–H groups in total. The lowest BCUT2D eigenvalue weighted by atomic mass is 10.2. The van der Waals surface area contributed by atoms with E-state index in [1.807, 2.05) is 6.55 Å². The van der Waals surface area contributed by atoms with Crippen LogP contribution in [0.25, 0.3) is 6.08 Å². The largest absolute Gasteiger partial charge is 0.487 e. The number of carbonyl (C=O) groups excluding carboxylic acids is 3. The van der Waals surface area contributed by atoms with E-state index in [1.165, 1.54) is 13.2 Å². The molecule has 0 bridgehead atoms. The number of ether oxygens (including phenoxy) is 3. The summed E-state index contributed by atoms with van der Waals surface area (Å²) < 4.78 is 15.6. The monoisotopic (exact) mass is 410 g/mol. The molecule has 0 amide bonds. The highest BCUT2D eigenvalue weighted by atomic mass is 28.2. The molecular weight excluding hydrogens is 388 g/mol. The van der Waals surface area contributed by atoms with Gasteiger partial charge in [-0.2, -0.15) is 0 Å². The summed E-state index contributed by atoms with van der Waals surface area (Å²) in [7, 11) is 1.65. The van der Waals surface area contributed by atoms with Crippen LogP contribution >= 0.6 is 0 Å². The Morgan fingerprint density at radius 1 is 1.00 bits per heavy atom. The van der Waals surface area contributed by atoms with Gasteiger partial charge >= 0.3 is 11.9 Å². The highest BCUT2D eigenvalue weighted by Gasteiger charge is 2.17. The number of rotatable bonds is 9. The molecule has 0 spiro atoms. The van der Waals surface area contributed by atoms with Gasteiger partial charge < -0.3 is 14.2 Å². The molecule has 29 heavy (non-hydrogen) atoms. The van der Waals surface area contributed by atoms with Crippen molar-refractivity contribution < 1.29 is 28.6 Å². The summed E-state index contributed by atoms with van der Waals surface area (Å²) in [6, 6.07) is 13.2. The maximum atomic E-state index is 12.3. The minimum Gasteiger partial charge on any atom is -0.487 e. The molecule has 2 aromatic rings. The average Bonchev–Trinajstić information content (AvgIpc) is 2.76. The maximum Gasteiger partial charge on any atom is 0.343 e. The van der Waals surface area contributed by atoms with Crippen molar-refractivity contribution >= 4 is 33.3 Å². The lowest BCUT2D eigenvalue weighted by Gasteiger charge is -2.15. The van der Waals surface area contributed by atoms with Crippen LogP contribution in [0.4, 0.5) is 0 Å². The van der Waals surface area contributed by atoms with Crippen molar-refractivity contribution in [3.8, 4) is 11.5 Å². The molecule has 2 rings (SSSR count). The van der Waals surface area contributed by atoms with E-state index >= 15 is 0 Å². The fraction of sp³-hybridized carbons (Fsp3) is 0.227. The van der Waals surface area contributed by atoms with E-state index in [-0.39, 0.29) is 5.78 Å². The first-order valence-corrected chi connectivity index (χ1v) is 10.6. The molecule has 1 atom stereocenters. The number of methoxy groups -OCH3 is 1. The zero-order valence-electron chi connectivity index (χ0n) is 16.5. The molecular formula is C22H22O6Si. The van der Waals surface area contributed by atoms with Gasteiger partial charge in [0.25, 0.3) is 0 Å². The second-order valence-corrected chi connectivity index (χ2v) is 7.05. The Hall–Kier alpha value is -3.19. The van der Waals surface area contributed by atoms with Crippen molar-refractivity contribution in [3.05, 3.63) is 65.7 Å². The minimum absolute atomic E-state index is 0.0548. The molecule has 0 aromatic heterocycles. The molecule has 0 saturated heterocycles. The Kier molecular flexibility index (Phi) is 8.36. The molecule has 6 nitrogen and oxygen atoms in total. The van der Waals surface area contributed by atoms with Gasteiger partial charge in [0.05, 0.1) is 12.7 Å². The summed E-state index contributed by atoms with van der Waals surface area (Å²) in [5.74, 6) is 0.0145. The SMILES string of the molecule is CCC(=O)C(Oc1ccc(C(=O)Oc2ccc(/C=C/C(=O)OC)cc2)cc1)[Si]C. The third-order valence-electron chi connectivity index (χ3n) is 3.95. The van der Waals surface area contributed by atoms with Gasteiger partial charge in [0.2, 0.25) is 0 Å². The minimum atomic E-state index is -0.507. The Morgan fingerprint density at radius 3 is 2.17 bits per heavy atom. The maximum absolute atomic E-state index is 12.3. The second-order valence-electron chi connectivity index (χ2n) is 5.95. The number of esters is 2. The quantitative estimate of drug-likeness (QED) is 0.272. The number of hydrogen-bond donors (Lipinski definition) is 0. The zero-order chi connectivity index (χ0) is 21.2. The van der Waals surface area contributed by atoms with Crippen LogP contribution in [0, 0.1) is 0 Å². The van der Waals surface area contributed by atoms with Gasteiger partial charge in [0.15, 0.2) is 5.78 Å². The molecule has 0 heterocycles. The van der Waals surface area contributed by atoms with Crippen LogP contribution in [0.2, 0.25) is 6.55 Å². The topological polar surface area (TPSA) is 78.9 Å². The van der Waals surface area contributed by atoms with Crippen molar-refractivity contribution in [3.63, 3.8) is 0 Å². The van der Waals surface area contributed by atoms with E-state index in [0.29, 0.717) is 33.0 Å². The summed E-state index contributed by atoms with van der Waals surface area (Å²) in [4.78, 5) is 35.2. The van der Waals surface area contributed by atoms with Crippen LogP contribution in [0.3, 0.4) is 0 Å². The van der Waals surface area contributed by atoms with Crippen LogP contribution in [-0.2, 0) is 14.3 Å². The summed E-state index contributed by atoms with van der Waals surface area (Å²) in [5, 5.41) is 0. The Labute approximate surface area is 172 Å². The summed E-state index contributed by atoms with van der Waals surface area (Å²) >= 11 is 0. The molecule has 0 aliphatic rings. The van der Waals surface area contributed by atoms with Gasteiger partial charge in [-0.3, -0.25) is 4.79 Å². The Balaban J connectivity index is 1.97. The molecule has 7 heteroatoms. The molecule has 0 aliphatic carbocycles. The smallest absolute Gasteiger partial charge is 0.343 e. The predicted molar refractivity (Wildman–Crippen MR) is 110 cm³/mol. The predicted octanol–water partition coefficient (Wildman–Crippen LogP) is 3.53. The number of ketones is 1. The van der Waals surface area contributed by atoms with E-state index in [1.54, 1.807) is 61.5 Å². The van der Waals surface area contributed by atoms with Crippen LogP contribution in [-0.4, -0.2) is 40.1 Å². The van der Waals surface area contributed by atoms with Gasteiger partial charge in [0.1, 0.15) is 26.7 Å². The summed E-state index contributed by atoms with van der Waals surface area (Å²) in [5.41, 5.74) is 0.679. The number of benzene rings is 2. The normalized spacial score (nSPS) is 11.7. The van der Waals surface area contributed by atoms with E-state index in [0.717, 1.165) is 5.56 Å². The zero-order valence-corrected chi connectivity index (χ0v) is 17.5. The summed E-state index contributed by atoms with van der Waals surface area (Å²) in [6.45, 7) is 3.72. The van der Waals surface area contributed by atoms with Crippen molar-refractivity contribution in [1.29, 1.82) is 0 Å². The van der Waals surface area contributed by atoms with E-state index in [2.05, 4.69) is 4.74 Å². The van der Waals surface area contributed by atoms with Crippen LogP contribution in [0.5, 0.6) is 11.5 Å². The molecule has 0 fully saturated rings. The first-order chi connectivity index (χ1) is 14.0. The van der Waals surface area contributed by atoms with Crippen molar-refractivity contribution in [2.24, 2.45) is 0 Å². The van der Waals surface area contributed by atoms with Crippen LogP contribution in [0.1, 0.15) is 29.3 Å². The van der Waals surface area contributed by atoms with Gasteiger partial charge in [0, 0.05) is 12.5 Å². The third-order valence-corrected chi connectivity index (χ3v) is 4.91. The summed E-state index contributed by atoms with van der Waals surface area (Å²) in [6.07, 6.45) is 3.33. The molecule has 0 saturated carbocycles. The van der Waals surface area contributed by atoms with Gasteiger partial charge in [-0.1, -0.05) is 25.6 Å². The Bertz CT molecular complexity index is 871. The van der Waals surface area contributed by atoms with Crippen molar-refractivity contribution in [1.82, 2.24) is 0 Å². The molecule has 2 aromatic carbocycles. The van der Waals surface area contributed by atoms with Crippen LogP contribution in [0.15, 0.2) is 54.6 Å². The van der Waals surface area contributed by atoms with E-state index in [4.69, 9.17) is 9.47 Å². The van der Waals surface area contributed by atoms with Gasteiger partial charge in [-0.15, -0.1) is 0 Å². The molecule has 0 aliphatic heterocycles. The molecule has 150 valence electrons. The van der Waals surface area contributed by atoms with E-state index < -0.39 is 17.7 Å². The Morgan fingerprint density at radius 2 is 1.62 bits per heavy atom. The van der Waals surface area contributed by atoms with Crippen molar-refractivity contribution in [2.75, 3.05) is 7.11 Å². The highest BCUT2D eigenvalue weighted by molar-refractivity contribution is 6.42.